The first-order valence-electron chi connectivity index (χ1n) is 4.97. The Balaban J connectivity index is 3.81. The van der Waals surface area contributed by atoms with Crippen LogP contribution in [0.1, 0.15) is 41.3 Å². The molecule has 0 heterocycles. The Morgan fingerprint density at radius 2 is 1.89 bits per heavy atom. The van der Waals surface area contributed by atoms with Crippen molar-refractivity contribution >= 4 is 11.7 Å². The zero-order chi connectivity index (χ0) is 14.2. The summed E-state index contributed by atoms with van der Waals surface area (Å²) in [7, 11) is 0. The summed E-state index contributed by atoms with van der Waals surface area (Å²) < 4.78 is 52.2. The minimum Gasteiger partial charge on any atom is -0.545 e. The first-order valence-corrected chi connectivity index (χ1v) is 4.97. The quantitative estimate of drug-likeness (QED) is 0.655. The molecule has 0 saturated carbocycles. The van der Waals surface area contributed by atoms with E-state index in [2.05, 4.69) is 0 Å². The number of nitrogens with two attached hydrogens (primary N) is 1. The van der Waals surface area contributed by atoms with Crippen LogP contribution in [0.4, 0.5) is 23.2 Å². The molecule has 1 aromatic carbocycles. The molecule has 0 aromatic heterocycles. The van der Waals surface area contributed by atoms with Crippen LogP contribution in [0.2, 0.25) is 0 Å². The number of aromatic carboxylic acids is 1. The molecule has 3 nitrogen and oxygen atoms in total. The molecule has 1 rings (SSSR count). The number of nitrogen functional groups attached to an aromatic ring is 1. The number of carbonyl (C=O) groups excluding carboxylic acids is 1. The van der Waals surface area contributed by atoms with Gasteiger partial charge in [-0.05, 0) is 12.0 Å². The van der Waals surface area contributed by atoms with Gasteiger partial charge in [0.2, 0.25) is 0 Å². The highest BCUT2D eigenvalue weighted by Crippen LogP contribution is 2.40. The average Bonchev–Trinajstić information content (AvgIpc) is 2.18. The fraction of sp³-hybridized carbons (Fsp3) is 0.364. The van der Waals surface area contributed by atoms with Crippen LogP contribution in [-0.2, 0) is 6.18 Å². The molecular formula is C11H10F4NO2-. The maximum atomic E-state index is 13.6. The lowest BCUT2D eigenvalue weighted by Crippen LogP contribution is -2.28. The largest absolute Gasteiger partial charge is 0.545 e. The van der Waals surface area contributed by atoms with Gasteiger partial charge in [0, 0.05) is 11.1 Å². The van der Waals surface area contributed by atoms with Gasteiger partial charge in [-0.25, -0.2) is 4.39 Å². The highest BCUT2D eigenvalue weighted by molar-refractivity contribution is 5.90. The monoisotopic (exact) mass is 264 g/mol. The van der Waals surface area contributed by atoms with Crippen molar-refractivity contribution in [3.8, 4) is 0 Å². The van der Waals surface area contributed by atoms with Gasteiger partial charge in [-0.2, -0.15) is 13.2 Å². The lowest BCUT2D eigenvalue weighted by Gasteiger charge is -2.21. The molecular weight excluding hydrogens is 254 g/mol. The Labute approximate surface area is 100 Å². The second-order valence-electron chi connectivity index (χ2n) is 4.06. The highest BCUT2D eigenvalue weighted by Gasteiger charge is 2.39. The van der Waals surface area contributed by atoms with Crippen molar-refractivity contribution in [1.29, 1.82) is 0 Å². The van der Waals surface area contributed by atoms with E-state index >= 15 is 0 Å². The summed E-state index contributed by atoms with van der Waals surface area (Å²) in [5, 5.41) is 10.7. The van der Waals surface area contributed by atoms with Crippen molar-refractivity contribution in [2.24, 2.45) is 0 Å². The number of benzene rings is 1. The van der Waals surface area contributed by atoms with Gasteiger partial charge in [0.25, 0.3) is 0 Å². The molecule has 7 heteroatoms. The SMILES string of the molecule is CC(C)c1c(F)c(N)cc(C(=O)[O-])c1C(F)(F)F. The summed E-state index contributed by atoms with van der Waals surface area (Å²) in [6.45, 7) is 2.62. The Kier molecular flexibility index (Phi) is 3.54. The summed E-state index contributed by atoms with van der Waals surface area (Å²) in [5.74, 6) is -4.17. The van der Waals surface area contributed by atoms with Crippen molar-refractivity contribution < 1.29 is 27.5 Å². The standard InChI is InChI=1S/C11H11F4NO2/c1-4(2)7-8(11(13,14)15)5(10(17)18)3-6(16)9(7)12/h3-4H,16H2,1-2H3,(H,17,18)/p-1. The second kappa shape index (κ2) is 4.47. The molecule has 0 amide bonds. The number of hydrogen-bond donors (Lipinski definition) is 1. The third-order valence-corrected chi connectivity index (χ3v) is 2.41. The molecule has 2 N–H and O–H groups in total. The van der Waals surface area contributed by atoms with Crippen LogP contribution < -0.4 is 10.8 Å². The molecule has 0 aliphatic heterocycles. The van der Waals surface area contributed by atoms with E-state index in [0.717, 1.165) is 0 Å². The van der Waals surface area contributed by atoms with Crippen molar-refractivity contribution in [1.82, 2.24) is 0 Å². The number of carboxylic acids is 1. The lowest BCUT2D eigenvalue weighted by atomic mass is 9.91. The molecule has 0 aliphatic carbocycles. The van der Waals surface area contributed by atoms with Gasteiger partial charge in [-0.1, -0.05) is 13.8 Å². The number of alkyl halides is 3. The third-order valence-electron chi connectivity index (χ3n) is 2.41. The minimum absolute atomic E-state index is 0.430. The molecule has 0 radical (unpaired) electrons. The van der Waals surface area contributed by atoms with E-state index in [9.17, 15) is 27.5 Å². The van der Waals surface area contributed by atoms with Crippen LogP contribution in [0.5, 0.6) is 0 Å². The maximum absolute atomic E-state index is 13.6. The first-order chi connectivity index (χ1) is 8.07. The maximum Gasteiger partial charge on any atom is 0.417 e. The van der Waals surface area contributed by atoms with Gasteiger partial charge in [0.05, 0.1) is 17.2 Å². The fourth-order valence-corrected chi connectivity index (χ4v) is 1.71. The molecule has 0 atom stereocenters. The number of anilines is 1. The Bertz CT molecular complexity index is 495. The van der Waals surface area contributed by atoms with Crippen LogP contribution >= 0.6 is 0 Å². The van der Waals surface area contributed by atoms with Crippen molar-refractivity contribution in [2.45, 2.75) is 25.9 Å². The number of halogens is 4. The van der Waals surface area contributed by atoms with Crippen molar-refractivity contribution in [3.05, 3.63) is 28.6 Å². The Morgan fingerprint density at radius 3 is 2.22 bits per heavy atom. The lowest BCUT2D eigenvalue weighted by molar-refractivity contribution is -0.255. The molecule has 1 aromatic rings. The van der Waals surface area contributed by atoms with Crippen LogP contribution in [0.15, 0.2) is 6.07 Å². The van der Waals surface area contributed by atoms with Crippen LogP contribution in [0.3, 0.4) is 0 Å². The summed E-state index contributed by atoms with van der Waals surface area (Å²) in [4.78, 5) is 10.7. The van der Waals surface area contributed by atoms with Gasteiger partial charge in [0.1, 0.15) is 5.82 Å². The molecule has 0 spiro atoms. The molecule has 18 heavy (non-hydrogen) atoms. The van der Waals surface area contributed by atoms with E-state index in [0.29, 0.717) is 6.07 Å². The summed E-state index contributed by atoms with van der Waals surface area (Å²) >= 11 is 0. The summed E-state index contributed by atoms with van der Waals surface area (Å²) in [6, 6.07) is 0.430. The van der Waals surface area contributed by atoms with E-state index in [4.69, 9.17) is 5.73 Å². The van der Waals surface area contributed by atoms with E-state index in [-0.39, 0.29) is 0 Å². The van der Waals surface area contributed by atoms with Gasteiger partial charge < -0.3 is 15.6 Å². The van der Waals surface area contributed by atoms with Crippen molar-refractivity contribution in [3.63, 3.8) is 0 Å². The summed E-state index contributed by atoms with van der Waals surface area (Å²) in [5.41, 5.74) is 1.08. The smallest absolute Gasteiger partial charge is 0.417 e. The van der Waals surface area contributed by atoms with Gasteiger partial charge in [0.15, 0.2) is 0 Å². The van der Waals surface area contributed by atoms with Gasteiger partial charge in [-0.15, -0.1) is 0 Å². The topological polar surface area (TPSA) is 66.2 Å². The number of rotatable bonds is 2. The van der Waals surface area contributed by atoms with E-state index in [1.54, 1.807) is 0 Å². The Morgan fingerprint density at radius 1 is 1.39 bits per heavy atom. The van der Waals surface area contributed by atoms with E-state index in [1.807, 2.05) is 0 Å². The van der Waals surface area contributed by atoms with Gasteiger partial charge in [-0.3, -0.25) is 0 Å². The second-order valence-corrected chi connectivity index (χ2v) is 4.06. The minimum atomic E-state index is -5.00. The zero-order valence-electron chi connectivity index (χ0n) is 9.56. The predicted octanol–water partition coefficient (Wildman–Crippen LogP) is 1.91. The van der Waals surface area contributed by atoms with Crippen LogP contribution in [0.25, 0.3) is 0 Å². The molecule has 0 aliphatic rings. The van der Waals surface area contributed by atoms with Crippen molar-refractivity contribution in [2.75, 3.05) is 5.73 Å². The highest BCUT2D eigenvalue weighted by atomic mass is 19.4. The van der Waals surface area contributed by atoms with Crippen LogP contribution in [0, 0.1) is 5.82 Å². The number of hydrogen-bond acceptors (Lipinski definition) is 3. The van der Waals surface area contributed by atoms with E-state index in [1.165, 1.54) is 13.8 Å². The normalized spacial score (nSPS) is 11.9. The molecule has 0 bridgehead atoms. The molecule has 100 valence electrons. The van der Waals surface area contributed by atoms with Gasteiger partial charge >= 0.3 is 6.18 Å². The first kappa shape index (κ1) is 14.3. The fourth-order valence-electron chi connectivity index (χ4n) is 1.71. The molecule has 0 unspecified atom stereocenters. The average molecular weight is 264 g/mol. The number of carbonyl (C=O) groups is 1. The molecule has 0 fully saturated rings. The predicted molar refractivity (Wildman–Crippen MR) is 54.2 cm³/mol. The number of carboxylic acid groups (broad SMARTS) is 1. The van der Waals surface area contributed by atoms with E-state index < -0.39 is 46.3 Å². The molecule has 0 saturated heterocycles. The summed E-state index contributed by atoms with van der Waals surface area (Å²) in [6.07, 6.45) is -5.00. The van der Waals surface area contributed by atoms with Crippen LogP contribution in [-0.4, -0.2) is 5.97 Å². The zero-order valence-corrected chi connectivity index (χ0v) is 9.56. The Hall–Kier alpha value is -1.79. The third kappa shape index (κ3) is 2.39.